The highest BCUT2D eigenvalue weighted by atomic mass is 16.4. The van der Waals surface area contributed by atoms with Crippen molar-refractivity contribution >= 4 is 5.97 Å². The second-order valence-corrected chi connectivity index (χ2v) is 6.96. The van der Waals surface area contributed by atoms with Crippen LogP contribution in [0.2, 0.25) is 0 Å². The number of nitrogens with zero attached hydrogens (tertiary/aromatic N) is 2. The molecule has 2 saturated carbocycles. The van der Waals surface area contributed by atoms with Crippen LogP contribution in [0.1, 0.15) is 86.1 Å². The van der Waals surface area contributed by atoms with Gasteiger partial charge in [-0.05, 0) is 50.4 Å². The topological polar surface area (TPSA) is 63.1 Å². The summed E-state index contributed by atoms with van der Waals surface area (Å²) in [4.78, 5) is 20.3. The van der Waals surface area contributed by atoms with Crippen molar-refractivity contribution in [3.05, 3.63) is 23.3 Å². The Morgan fingerprint density at radius 2 is 1.76 bits per heavy atom. The Labute approximate surface area is 126 Å². The number of hydrogen-bond donors (Lipinski definition) is 1. The third-order valence-corrected chi connectivity index (χ3v) is 5.11. The van der Waals surface area contributed by atoms with Crippen molar-refractivity contribution in [2.24, 2.45) is 11.8 Å². The van der Waals surface area contributed by atoms with Gasteiger partial charge in [0.1, 0.15) is 5.82 Å². The fraction of sp³-hybridized carbons (Fsp3) is 0.706. The highest BCUT2D eigenvalue weighted by Crippen LogP contribution is 2.42. The summed E-state index contributed by atoms with van der Waals surface area (Å²) in [5, 5.41) is 9.26. The van der Waals surface area contributed by atoms with E-state index in [0.717, 1.165) is 49.0 Å². The van der Waals surface area contributed by atoms with Crippen LogP contribution in [0.4, 0.5) is 0 Å². The molecule has 1 heterocycles. The van der Waals surface area contributed by atoms with Crippen LogP contribution in [-0.2, 0) is 0 Å². The molecule has 4 heteroatoms. The fourth-order valence-electron chi connectivity index (χ4n) is 3.48. The maximum Gasteiger partial charge on any atom is 0.339 e. The third kappa shape index (κ3) is 3.09. The van der Waals surface area contributed by atoms with Crippen LogP contribution in [0.5, 0.6) is 0 Å². The van der Waals surface area contributed by atoms with Crippen molar-refractivity contribution in [2.75, 3.05) is 0 Å². The molecule has 2 aliphatic rings. The summed E-state index contributed by atoms with van der Waals surface area (Å²) in [5.41, 5.74) is 1.08. The summed E-state index contributed by atoms with van der Waals surface area (Å²) < 4.78 is 0. The molecule has 0 spiro atoms. The highest BCUT2D eigenvalue weighted by molar-refractivity contribution is 5.88. The molecule has 0 amide bonds. The summed E-state index contributed by atoms with van der Waals surface area (Å²) in [6.07, 6.45) is 8.43. The second kappa shape index (κ2) is 5.74. The monoisotopic (exact) mass is 288 g/mol. The van der Waals surface area contributed by atoms with Gasteiger partial charge in [-0.25, -0.2) is 14.8 Å². The number of carboxylic acid groups (broad SMARTS) is 1. The van der Waals surface area contributed by atoms with Gasteiger partial charge >= 0.3 is 5.97 Å². The Morgan fingerprint density at radius 3 is 2.29 bits per heavy atom. The van der Waals surface area contributed by atoms with E-state index in [-0.39, 0.29) is 0 Å². The molecule has 0 saturated heterocycles. The van der Waals surface area contributed by atoms with Crippen LogP contribution in [0.3, 0.4) is 0 Å². The number of aromatic nitrogens is 2. The van der Waals surface area contributed by atoms with E-state index < -0.39 is 5.97 Å². The molecule has 4 nitrogen and oxygen atoms in total. The van der Waals surface area contributed by atoms with Gasteiger partial charge < -0.3 is 5.11 Å². The molecule has 0 atom stereocenters. The molecule has 0 aromatic carbocycles. The minimum absolute atomic E-state index is 0.303. The van der Waals surface area contributed by atoms with Gasteiger partial charge in [0, 0.05) is 18.0 Å². The van der Waals surface area contributed by atoms with Gasteiger partial charge in [0.05, 0.1) is 11.3 Å². The van der Waals surface area contributed by atoms with Gasteiger partial charge in [0.2, 0.25) is 0 Å². The van der Waals surface area contributed by atoms with Gasteiger partial charge in [-0.2, -0.15) is 0 Å². The molecule has 1 aromatic rings. The largest absolute Gasteiger partial charge is 0.478 e. The summed E-state index contributed by atoms with van der Waals surface area (Å²) in [6.45, 7) is 4.60. The molecule has 2 aliphatic carbocycles. The lowest BCUT2D eigenvalue weighted by molar-refractivity contribution is 0.0694. The molecule has 0 bridgehead atoms. The molecule has 3 rings (SSSR count). The first-order valence-electron chi connectivity index (χ1n) is 8.16. The van der Waals surface area contributed by atoms with Crippen LogP contribution in [0.25, 0.3) is 0 Å². The second-order valence-electron chi connectivity index (χ2n) is 6.96. The average molecular weight is 288 g/mol. The van der Waals surface area contributed by atoms with Crippen molar-refractivity contribution < 1.29 is 9.90 Å². The zero-order chi connectivity index (χ0) is 15.0. The Morgan fingerprint density at radius 1 is 1.14 bits per heavy atom. The lowest BCUT2D eigenvalue weighted by Gasteiger charge is -2.30. The zero-order valence-electron chi connectivity index (χ0n) is 12.9. The van der Waals surface area contributed by atoms with Crippen LogP contribution in [-0.4, -0.2) is 21.0 Å². The number of carboxylic acids is 1. The quantitative estimate of drug-likeness (QED) is 0.910. The molecule has 21 heavy (non-hydrogen) atoms. The van der Waals surface area contributed by atoms with Crippen LogP contribution >= 0.6 is 0 Å². The predicted octanol–water partition coefficient (Wildman–Crippen LogP) is 3.98. The van der Waals surface area contributed by atoms with Gasteiger partial charge in [0.15, 0.2) is 0 Å². The van der Waals surface area contributed by atoms with E-state index >= 15 is 0 Å². The van der Waals surface area contributed by atoms with E-state index in [0.29, 0.717) is 17.4 Å². The molecule has 1 N–H and O–H groups in total. The Hall–Kier alpha value is -1.45. The molecular formula is C17H24N2O2. The van der Waals surface area contributed by atoms with Gasteiger partial charge in [0.25, 0.3) is 0 Å². The molecular weight excluding hydrogens is 264 g/mol. The number of aromatic carboxylic acids is 1. The van der Waals surface area contributed by atoms with Crippen molar-refractivity contribution in [3.63, 3.8) is 0 Å². The van der Waals surface area contributed by atoms with Crippen molar-refractivity contribution in [1.29, 1.82) is 0 Å². The zero-order valence-corrected chi connectivity index (χ0v) is 12.9. The molecule has 0 unspecified atom stereocenters. The Bertz CT molecular complexity index is 530. The smallest absolute Gasteiger partial charge is 0.339 e. The minimum atomic E-state index is -0.896. The van der Waals surface area contributed by atoms with Crippen molar-refractivity contribution in [3.8, 4) is 0 Å². The van der Waals surface area contributed by atoms with Crippen LogP contribution < -0.4 is 0 Å². The number of rotatable bonds is 4. The molecule has 1 aromatic heterocycles. The Kier molecular flexibility index (Phi) is 3.96. The van der Waals surface area contributed by atoms with E-state index in [1.807, 2.05) is 0 Å². The van der Waals surface area contributed by atoms with E-state index in [2.05, 4.69) is 23.8 Å². The lowest BCUT2D eigenvalue weighted by Crippen LogP contribution is -2.20. The summed E-state index contributed by atoms with van der Waals surface area (Å²) in [5.74, 6) is 2.33. The SMILES string of the molecule is CC(C)C1CCC(c2ncc(C(=O)O)c(C3CC3)n2)CC1. The van der Waals surface area contributed by atoms with Crippen LogP contribution in [0.15, 0.2) is 6.20 Å². The predicted molar refractivity (Wildman–Crippen MR) is 80.5 cm³/mol. The number of carbonyl (C=O) groups is 1. The lowest BCUT2D eigenvalue weighted by atomic mass is 9.76. The summed E-state index contributed by atoms with van der Waals surface area (Å²) in [6, 6.07) is 0. The molecule has 114 valence electrons. The maximum atomic E-state index is 11.3. The van der Waals surface area contributed by atoms with Crippen molar-refractivity contribution in [1.82, 2.24) is 9.97 Å². The first kappa shape index (κ1) is 14.5. The Balaban J connectivity index is 1.77. The molecule has 0 aliphatic heterocycles. The fourth-order valence-corrected chi connectivity index (χ4v) is 3.48. The molecule has 0 radical (unpaired) electrons. The van der Waals surface area contributed by atoms with E-state index in [1.165, 1.54) is 19.0 Å². The highest BCUT2D eigenvalue weighted by Gasteiger charge is 2.32. The van der Waals surface area contributed by atoms with Crippen molar-refractivity contribution in [2.45, 2.75) is 64.2 Å². The molecule has 2 fully saturated rings. The normalized spacial score (nSPS) is 26.0. The van der Waals surface area contributed by atoms with Gasteiger partial charge in [-0.3, -0.25) is 0 Å². The van der Waals surface area contributed by atoms with E-state index in [1.54, 1.807) is 0 Å². The van der Waals surface area contributed by atoms with E-state index in [9.17, 15) is 9.90 Å². The van der Waals surface area contributed by atoms with Gasteiger partial charge in [-0.1, -0.05) is 13.8 Å². The minimum Gasteiger partial charge on any atom is -0.478 e. The van der Waals surface area contributed by atoms with Gasteiger partial charge in [-0.15, -0.1) is 0 Å². The average Bonchev–Trinajstić information content (AvgIpc) is 3.31. The maximum absolute atomic E-state index is 11.3. The first-order chi connectivity index (χ1) is 10.1. The number of hydrogen-bond acceptors (Lipinski definition) is 3. The summed E-state index contributed by atoms with van der Waals surface area (Å²) in [7, 11) is 0. The van der Waals surface area contributed by atoms with Crippen LogP contribution in [0, 0.1) is 11.8 Å². The van der Waals surface area contributed by atoms with E-state index in [4.69, 9.17) is 0 Å². The third-order valence-electron chi connectivity index (χ3n) is 5.11. The standard InChI is InChI=1S/C17H24N2O2/c1-10(2)11-3-7-13(8-4-11)16-18-9-14(17(20)21)15(19-16)12-5-6-12/h9-13H,3-8H2,1-2H3,(H,20,21). The first-order valence-corrected chi connectivity index (χ1v) is 8.16. The summed E-state index contributed by atoms with van der Waals surface area (Å²) >= 11 is 0.